The Morgan fingerprint density at radius 1 is 1.06 bits per heavy atom. The fraction of sp³-hybridized carbons (Fsp3) is 0.115. The maximum atomic E-state index is 14.0. The van der Waals surface area contributed by atoms with Crippen LogP contribution in [0, 0.1) is 31.3 Å². The first-order valence-electron chi connectivity index (χ1n) is 10.7. The highest BCUT2D eigenvalue weighted by molar-refractivity contribution is 6.08. The first-order chi connectivity index (χ1) is 16.8. The van der Waals surface area contributed by atoms with Gasteiger partial charge in [0.15, 0.2) is 11.4 Å². The van der Waals surface area contributed by atoms with Gasteiger partial charge in [-0.1, -0.05) is 6.07 Å². The summed E-state index contributed by atoms with van der Waals surface area (Å²) in [5.74, 6) is -2.08. The van der Waals surface area contributed by atoms with Crippen molar-refractivity contribution in [1.82, 2.24) is 14.4 Å². The first-order valence-corrected chi connectivity index (χ1v) is 10.7. The molecule has 0 spiro atoms. The number of fused-ring (bicyclic) bond motifs is 2. The number of rotatable bonds is 5. The number of carbonyl (C=O) groups excluding carboxylic acids is 1. The quantitative estimate of drug-likeness (QED) is 0.351. The molecule has 5 rings (SSSR count). The summed E-state index contributed by atoms with van der Waals surface area (Å²) in [6, 6.07) is 11.0. The number of hydrogen-bond donors (Lipinski definition) is 1. The Hall–Kier alpha value is -4.40. The topological polar surface area (TPSA) is 68.5 Å². The van der Waals surface area contributed by atoms with Crippen molar-refractivity contribution in [3.8, 4) is 5.75 Å². The smallest absolute Gasteiger partial charge is 0.274 e. The van der Waals surface area contributed by atoms with Gasteiger partial charge in [-0.25, -0.2) is 18.2 Å². The molecule has 6 nitrogen and oxygen atoms in total. The molecule has 0 radical (unpaired) electrons. The van der Waals surface area contributed by atoms with Crippen LogP contribution in [0.4, 0.5) is 18.9 Å². The van der Waals surface area contributed by atoms with Gasteiger partial charge in [0.25, 0.3) is 5.91 Å². The number of aryl methyl sites for hydroxylation is 2. The van der Waals surface area contributed by atoms with E-state index in [2.05, 4.69) is 15.3 Å². The summed E-state index contributed by atoms with van der Waals surface area (Å²) in [6.07, 6.45) is 3.24. The molecule has 0 unspecified atom stereocenters. The number of ether oxygens (including phenoxy) is 1. The Morgan fingerprint density at radius 3 is 2.60 bits per heavy atom. The molecule has 0 fully saturated rings. The van der Waals surface area contributed by atoms with Gasteiger partial charge in [0.05, 0.1) is 22.5 Å². The van der Waals surface area contributed by atoms with Gasteiger partial charge < -0.3 is 10.1 Å². The minimum Gasteiger partial charge on any atom is -0.485 e. The predicted molar refractivity (Wildman–Crippen MR) is 125 cm³/mol. The van der Waals surface area contributed by atoms with Crippen LogP contribution in [0.3, 0.4) is 0 Å². The van der Waals surface area contributed by atoms with Crippen molar-refractivity contribution in [2.45, 2.75) is 20.5 Å². The second-order valence-electron chi connectivity index (χ2n) is 8.08. The normalized spacial score (nSPS) is 11.2. The number of nitrogens with one attached hydrogen (secondary N) is 1. The van der Waals surface area contributed by atoms with E-state index in [0.717, 1.165) is 17.7 Å². The van der Waals surface area contributed by atoms with Gasteiger partial charge in [-0.2, -0.15) is 0 Å². The summed E-state index contributed by atoms with van der Waals surface area (Å²) in [4.78, 5) is 22.0. The molecule has 1 amide bonds. The number of halogens is 3. The van der Waals surface area contributed by atoms with E-state index in [0.29, 0.717) is 27.9 Å². The lowest BCUT2D eigenvalue weighted by Gasteiger charge is -2.12. The SMILES string of the molecule is Cc1cc(OCc2c(F)cccc2F)c2nc(C)c(C(=O)Nc3ccnc4ccc(F)cc34)n2c1. The Balaban J connectivity index is 1.51. The number of carbonyl (C=O) groups is 1. The number of hydrogen-bond acceptors (Lipinski definition) is 4. The molecule has 176 valence electrons. The van der Waals surface area contributed by atoms with Crippen molar-refractivity contribution >= 4 is 28.1 Å². The number of benzene rings is 2. The molecule has 0 saturated carbocycles. The fourth-order valence-corrected chi connectivity index (χ4v) is 3.97. The van der Waals surface area contributed by atoms with Crippen LogP contribution < -0.4 is 10.1 Å². The highest BCUT2D eigenvalue weighted by Gasteiger charge is 2.21. The number of pyridine rings is 2. The van der Waals surface area contributed by atoms with E-state index in [1.54, 1.807) is 36.6 Å². The molecule has 0 aliphatic heterocycles. The Bertz CT molecular complexity index is 1590. The molecular formula is C26H19F3N4O2. The maximum absolute atomic E-state index is 14.0. The zero-order valence-corrected chi connectivity index (χ0v) is 18.8. The van der Waals surface area contributed by atoms with Gasteiger partial charge >= 0.3 is 0 Å². The van der Waals surface area contributed by atoms with Crippen molar-refractivity contribution in [2.24, 2.45) is 0 Å². The van der Waals surface area contributed by atoms with Gasteiger partial charge in [0, 0.05) is 17.8 Å². The van der Waals surface area contributed by atoms with Crippen molar-refractivity contribution in [1.29, 1.82) is 0 Å². The third kappa shape index (κ3) is 4.16. The van der Waals surface area contributed by atoms with E-state index in [1.165, 1.54) is 30.5 Å². The van der Waals surface area contributed by atoms with Crippen LogP contribution >= 0.6 is 0 Å². The van der Waals surface area contributed by atoms with E-state index in [1.807, 2.05) is 0 Å². The maximum Gasteiger partial charge on any atom is 0.274 e. The summed E-state index contributed by atoms with van der Waals surface area (Å²) in [5, 5.41) is 3.27. The van der Waals surface area contributed by atoms with Crippen LogP contribution in [0.2, 0.25) is 0 Å². The molecule has 5 aromatic rings. The predicted octanol–water partition coefficient (Wildman–Crippen LogP) is 5.75. The number of nitrogens with zero attached hydrogens (tertiary/aromatic N) is 3. The van der Waals surface area contributed by atoms with E-state index >= 15 is 0 Å². The van der Waals surface area contributed by atoms with Gasteiger partial charge in [-0.15, -0.1) is 0 Å². The van der Waals surface area contributed by atoms with Crippen LogP contribution in [-0.4, -0.2) is 20.3 Å². The monoisotopic (exact) mass is 476 g/mol. The molecule has 0 aliphatic carbocycles. The molecule has 3 aromatic heterocycles. The van der Waals surface area contributed by atoms with Gasteiger partial charge in [0.1, 0.15) is 29.8 Å². The first kappa shape index (κ1) is 22.4. The largest absolute Gasteiger partial charge is 0.485 e. The third-order valence-electron chi connectivity index (χ3n) is 5.60. The molecule has 1 N–H and O–H groups in total. The molecule has 0 atom stereocenters. The van der Waals surface area contributed by atoms with Gasteiger partial charge in [-0.3, -0.25) is 14.2 Å². The summed E-state index contributed by atoms with van der Waals surface area (Å²) in [7, 11) is 0. The zero-order chi connectivity index (χ0) is 24.7. The fourth-order valence-electron chi connectivity index (χ4n) is 3.97. The van der Waals surface area contributed by atoms with E-state index in [4.69, 9.17) is 4.74 Å². The van der Waals surface area contributed by atoms with Crippen LogP contribution in [0.5, 0.6) is 5.75 Å². The summed E-state index contributed by atoms with van der Waals surface area (Å²) in [6.45, 7) is 3.12. The van der Waals surface area contributed by atoms with Crippen molar-refractivity contribution < 1.29 is 22.7 Å². The standard InChI is InChI=1S/C26H19F3N4O2/c1-14-10-23(35-13-18-19(28)4-3-5-20(18)29)25-31-15(2)24(33(25)12-14)26(34)32-22-8-9-30-21-7-6-16(27)11-17(21)22/h3-12H,13H2,1-2H3,(H,30,32,34). The summed E-state index contributed by atoms with van der Waals surface area (Å²) < 4.78 is 49.2. The van der Waals surface area contributed by atoms with Crippen LogP contribution in [0.1, 0.15) is 27.3 Å². The molecule has 9 heteroatoms. The number of anilines is 1. The van der Waals surface area contributed by atoms with Crippen LogP contribution in [0.25, 0.3) is 16.6 Å². The van der Waals surface area contributed by atoms with Crippen LogP contribution in [0.15, 0.2) is 60.9 Å². The molecule has 0 saturated heterocycles. The minimum atomic E-state index is -0.714. The van der Waals surface area contributed by atoms with Crippen LogP contribution in [-0.2, 0) is 6.61 Å². The lowest BCUT2D eigenvalue weighted by Crippen LogP contribution is -2.16. The average molecular weight is 476 g/mol. The third-order valence-corrected chi connectivity index (χ3v) is 5.60. The molecule has 2 aromatic carbocycles. The molecule has 0 aliphatic rings. The minimum absolute atomic E-state index is 0.204. The second kappa shape index (κ2) is 8.75. The molecular weight excluding hydrogens is 457 g/mol. The number of imidazole rings is 1. The number of amides is 1. The van der Waals surface area contributed by atoms with Crippen molar-refractivity contribution in [3.05, 3.63) is 101 Å². The van der Waals surface area contributed by atoms with Gasteiger partial charge in [0.2, 0.25) is 0 Å². The van der Waals surface area contributed by atoms with Crippen molar-refractivity contribution in [2.75, 3.05) is 5.32 Å². The summed E-state index contributed by atoms with van der Waals surface area (Å²) >= 11 is 0. The van der Waals surface area contributed by atoms with E-state index in [9.17, 15) is 18.0 Å². The highest BCUT2D eigenvalue weighted by Crippen LogP contribution is 2.28. The summed E-state index contributed by atoms with van der Waals surface area (Å²) in [5.41, 5.74) is 2.45. The second-order valence-corrected chi connectivity index (χ2v) is 8.08. The molecule has 0 bridgehead atoms. The molecule has 3 heterocycles. The lowest BCUT2D eigenvalue weighted by atomic mass is 10.1. The highest BCUT2D eigenvalue weighted by atomic mass is 19.1. The number of aromatic nitrogens is 3. The van der Waals surface area contributed by atoms with E-state index < -0.39 is 23.4 Å². The Morgan fingerprint density at radius 2 is 1.83 bits per heavy atom. The zero-order valence-electron chi connectivity index (χ0n) is 18.8. The Labute approximate surface area is 198 Å². The van der Waals surface area contributed by atoms with Gasteiger partial charge in [-0.05, 0) is 61.9 Å². The molecule has 35 heavy (non-hydrogen) atoms. The average Bonchev–Trinajstić information content (AvgIpc) is 3.14. The van der Waals surface area contributed by atoms with Crippen molar-refractivity contribution in [3.63, 3.8) is 0 Å². The van der Waals surface area contributed by atoms with E-state index in [-0.39, 0.29) is 23.6 Å². The Kier molecular flexibility index (Phi) is 5.60. The lowest BCUT2D eigenvalue weighted by molar-refractivity contribution is 0.102.